The first-order valence-corrected chi connectivity index (χ1v) is 6.41. The Morgan fingerprint density at radius 2 is 0.882 bits per heavy atom. The van der Waals surface area contributed by atoms with Gasteiger partial charge in [-0.1, -0.05) is 65.2 Å². The molecule has 0 amide bonds. The van der Waals surface area contributed by atoms with E-state index in [0.717, 1.165) is 12.8 Å². The largest absolute Gasteiger partial charge is 4.00 e. The Morgan fingerprint density at radius 3 is 1.06 bits per heavy atom. The van der Waals surface area contributed by atoms with Crippen LogP contribution in [-0.2, 0) is 21.7 Å². The van der Waals surface area contributed by atoms with Gasteiger partial charge in [0.2, 0.25) is 0 Å². The molecule has 0 atom stereocenters. The molecule has 104 valence electrons. The second-order valence-corrected chi connectivity index (χ2v) is 3.83. The van der Waals surface area contributed by atoms with E-state index in [1.807, 2.05) is 0 Å². The van der Waals surface area contributed by atoms with Gasteiger partial charge in [-0.25, -0.2) is 0 Å². The standard InChI is InChI=1S/2C7H15.2H2O.Ti/c2*1-3-5-7-6-4-2;;;/h2*1,3-7H2,2H3;2*1H2;/q2*-1;;;+4/p-2. The summed E-state index contributed by atoms with van der Waals surface area (Å²) >= 11 is 0. The van der Waals surface area contributed by atoms with Crippen LogP contribution in [0, 0.1) is 13.8 Å². The summed E-state index contributed by atoms with van der Waals surface area (Å²) in [6.45, 7) is 12.0. The minimum absolute atomic E-state index is 0. The van der Waals surface area contributed by atoms with Gasteiger partial charge < -0.3 is 24.8 Å². The van der Waals surface area contributed by atoms with Crippen molar-refractivity contribution in [2.45, 2.75) is 78.1 Å². The first-order chi connectivity index (χ1) is 6.83. The molecule has 0 saturated heterocycles. The molecule has 0 heterocycles. The summed E-state index contributed by atoms with van der Waals surface area (Å²) in [5.74, 6) is 0. The van der Waals surface area contributed by atoms with E-state index >= 15 is 0 Å². The Hall–Kier alpha value is 0.634. The molecule has 0 rings (SSSR count). The topological polar surface area (TPSA) is 60.0 Å². The SMILES string of the molecule is [CH2-]CCCCCC.[CH2-]CCCCCC.[OH-].[OH-].[Ti+4]. The van der Waals surface area contributed by atoms with E-state index in [0.29, 0.717) is 0 Å². The van der Waals surface area contributed by atoms with Crippen LogP contribution in [0.3, 0.4) is 0 Å². The zero-order chi connectivity index (χ0) is 11.1. The fourth-order valence-corrected chi connectivity index (χ4v) is 1.21. The summed E-state index contributed by atoms with van der Waals surface area (Å²) in [6, 6.07) is 0. The molecular weight excluding hydrogens is 248 g/mol. The molecule has 2 nitrogen and oxygen atoms in total. The molecule has 0 spiro atoms. The van der Waals surface area contributed by atoms with E-state index in [-0.39, 0.29) is 32.7 Å². The molecule has 0 aromatic heterocycles. The van der Waals surface area contributed by atoms with Gasteiger partial charge in [0.25, 0.3) is 0 Å². The van der Waals surface area contributed by atoms with E-state index in [1.165, 1.54) is 51.4 Å². The van der Waals surface area contributed by atoms with Crippen molar-refractivity contribution in [3.05, 3.63) is 13.8 Å². The molecule has 2 N–H and O–H groups in total. The van der Waals surface area contributed by atoms with Crippen LogP contribution in [0.1, 0.15) is 78.1 Å². The van der Waals surface area contributed by atoms with Gasteiger partial charge >= 0.3 is 21.7 Å². The van der Waals surface area contributed by atoms with Crippen molar-refractivity contribution in [2.24, 2.45) is 0 Å². The van der Waals surface area contributed by atoms with Crippen LogP contribution >= 0.6 is 0 Å². The first kappa shape index (κ1) is 30.6. The Morgan fingerprint density at radius 1 is 0.588 bits per heavy atom. The van der Waals surface area contributed by atoms with Gasteiger partial charge in [0.15, 0.2) is 0 Å². The first-order valence-electron chi connectivity index (χ1n) is 6.41. The summed E-state index contributed by atoms with van der Waals surface area (Å²) in [5, 5.41) is 0. The van der Waals surface area contributed by atoms with Crippen LogP contribution in [0.15, 0.2) is 0 Å². The maximum atomic E-state index is 3.76. The Bertz CT molecular complexity index is 62.6. The number of hydrogen-bond donors (Lipinski definition) is 0. The van der Waals surface area contributed by atoms with Crippen molar-refractivity contribution < 1.29 is 32.7 Å². The minimum Gasteiger partial charge on any atom is -0.870 e. The van der Waals surface area contributed by atoms with Crippen LogP contribution in [-0.4, -0.2) is 11.0 Å². The molecule has 0 bridgehead atoms. The van der Waals surface area contributed by atoms with E-state index in [2.05, 4.69) is 27.7 Å². The predicted molar refractivity (Wildman–Crippen MR) is 72.1 cm³/mol. The van der Waals surface area contributed by atoms with Crippen LogP contribution < -0.4 is 0 Å². The van der Waals surface area contributed by atoms with Gasteiger partial charge in [0.05, 0.1) is 0 Å². The van der Waals surface area contributed by atoms with Gasteiger partial charge in [0, 0.05) is 0 Å². The molecule has 0 aromatic carbocycles. The maximum absolute atomic E-state index is 3.76. The average molecular weight is 280 g/mol. The third-order valence-corrected chi connectivity index (χ3v) is 2.21. The summed E-state index contributed by atoms with van der Waals surface area (Å²) in [6.07, 6.45) is 13.0. The summed E-state index contributed by atoms with van der Waals surface area (Å²) in [4.78, 5) is 0. The van der Waals surface area contributed by atoms with E-state index in [9.17, 15) is 0 Å². The van der Waals surface area contributed by atoms with E-state index in [4.69, 9.17) is 0 Å². The van der Waals surface area contributed by atoms with Crippen molar-refractivity contribution >= 4 is 0 Å². The Balaban J connectivity index is -0.0000000480. The van der Waals surface area contributed by atoms with E-state index in [1.54, 1.807) is 0 Å². The van der Waals surface area contributed by atoms with Gasteiger partial charge in [-0.3, -0.25) is 0 Å². The second-order valence-electron chi connectivity index (χ2n) is 3.83. The predicted octanol–water partition coefficient (Wildman–Crippen LogP) is 5.23. The molecule has 17 heavy (non-hydrogen) atoms. The van der Waals surface area contributed by atoms with Crippen molar-refractivity contribution in [3.8, 4) is 0 Å². The average Bonchev–Trinajstić information content (AvgIpc) is 2.21. The zero-order valence-corrected chi connectivity index (χ0v) is 13.4. The van der Waals surface area contributed by atoms with Crippen molar-refractivity contribution in [2.75, 3.05) is 0 Å². The molecule has 0 aromatic rings. The molecule has 0 fully saturated rings. The second kappa shape index (κ2) is 36.0. The molecule has 0 unspecified atom stereocenters. The summed E-state index contributed by atoms with van der Waals surface area (Å²) < 4.78 is 0. The quantitative estimate of drug-likeness (QED) is 0.347. The van der Waals surface area contributed by atoms with Crippen LogP contribution in [0.4, 0.5) is 0 Å². The van der Waals surface area contributed by atoms with Crippen LogP contribution in [0.25, 0.3) is 0 Å². The monoisotopic (exact) mass is 280 g/mol. The van der Waals surface area contributed by atoms with Crippen molar-refractivity contribution in [3.63, 3.8) is 0 Å². The molecule has 0 radical (unpaired) electrons. The molecule has 3 heteroatoms. The molecule has 0 aliphatic rings. The number of rotatable bonds is 8. The Kier molecular flexibility index (Phi) is 64.6. The van der Waals surface area contributed by atoms with Gasteiger partial charge in [-0.05, 0) is 0 Å². The van der Waals surface area contributed by atoms with Crippen molar-refractivity contribution in [1.29, 1.82) is 0 Å². The molecule has 0 aliphatic carbocycles. The smallest absolute Gasteiger partial charge is 0.870 e. The maximum Gasteiger partial charge on any atom is 4.00 e. The van der Waals surface area contributed by atoms with Gasteiger partial charge in [0.1, 0.15) is 0 Å². The molecular formula is C14H32O2Ti. The summed E-state index contributed by atoms with van der Waals surface area (Å²) in [5.41, 5.74) is 0. The third kappa shape index (κ3) is 47.8. The minimum atomic E-state index is 0. The van der Waals surface area contributed by atoms with Gasteiger partial charge in [-0.2, -0.15) is 12.8 Å². The van der Waals surface area contributed by atoms with Crippen LogP contribution in [0.5, 0.6) is 0 Å². The zero-order valence-electron chi connectivity index (χ0n) is 11.9. The van der Waals surface area contributed by atoms with Crippen LogP contribution in [0.2, 0.25) is 0 Å². The van der Waals surface area contributed by atoms with E-state index < -0.39 is 0 Å². The number of unbranched alkanes of at least 4 members (excludes halogenated alkanes) is 8. The molecule has 0 aliphatic heterocycles. The van der Waals surface area contributed by atoms with Crippen molar-refractivity contribution in [1.82, 2.24) is 0 Å². The summed E-state index contributed by atoms with van der Waals surface area (Å²) in [7, 11) is 0. The fraction of sp³-hybridized carbons (Fsp3) is 0.857. The fourth-order valence-electron chi connectivity index (χ4n) is 1.21. The van der Waals surface area contributed by atoms with Gasteiger partial charge in [-0.15, -0.1) is 0 Å². The third-order valence-electron chi connectivity index (χ3n) is 2.21. The molecule has 0 saturated carbocycles. The number of hydrogen-bond acceptors (Lipinski definition) is 2. The Labute approximate surface area is 124 Å². The normalized spacial score (nSPS) is 7.76.